The van der Waals surface area contributed by atoms with Crippen LogP contribution in [0.1, 0.15) is 18.4 Å². The molecule has 5 heteroatoms. The van der Waals surface area contributed by atoms with Gasteiger partial charge in [-0.2, -0.15) is 5.26 Å². The molecule has 0 aromatic heterocycles. The third-order valence-corrected chi connectivity index (χ3v) is 3.67. The van der Waals surface area contributed by atoms with Crippen molar-refractivity contribution in [1.29, 1.82) is 5.26 Å². The zero-order valence-corrected chi connectivity index (χ0v) is 12.3. The first-order valence-corrected chi connectivity index (χ1v) is 7.26. The Morgan fingerprint density at radius 3 is 2.17 bits per heavy atom. The van der Waals surface area contributed by atoms with Crippen LogP contribution in [-0.2, 0) is 9.59 Å². The minimum atomic E-state index is -0.631. The summed E-state index contributed by atoms with van der Waals surface area (Å²) < 4.78 is 5.64. The van der Waals surface area contributed by atoms with Crippen molar-refractivity contribution in [3.8, 4) is 22.9 Å². The number of nitrogens with zero attached hydrogens (tertiary/aromatic N) is 1. The number of piperidine rings is 1. The number of nitriles is 1. The van der Waals surface area contributed by atoms with E-state index in [4.69, 9.17) is 10.00 Å². The van der Waals surface area contributed by atoms with E-state index in [1.165, 1.54) is 0 Å². The van der Waals surface area contributed by atoms with Crippen LogP contribution in [0, 0.1) is 11.3 Å². The number of ether oxygens (including phenoxy) is 1. The summed E-state index contributed by atoms with van der Waals surface area (Å²) in [7, 11) is 0. The Morgan fingerprint density at radius 2 is 1.61 bits per heavy atom. The van der Waals surface area contributed by atoms with Gasteiger partial charge in [0.2, 0.25) is 5.91 Å². The first-order valence-electron chi connectivity index (χ1n) is 7.26. The average molecular weight is 306 g/mol. The Bertz CT molecular complexity index is 773. The van der Waals surface area contributed by atoms with Crippen molar-refractivity contribution in [2.45, 2.75) is 18.9 Å². The third-order valence-electron chi connectivity index (χ3n) is 3.67. The minimum absolute atomic E-state index is 0.258. The van der Waals surface area contributed by atoms with Crippen LogP contribution in [0.25, 0.3) is 11.1 Å². The van der Waals surface area contributed by atoms with Gasteiger partial charge in [0.05, 0.1) is 11.6 Å². The molecule has 2 aromatic carbocycles. The zero-order chi connectivity index (χ0) is 16.2. The lowest BCUT2D eigenvalue weighted by atomic mass is 10.0. The first-order chi connectivity index (χ1) is 11.2. The van der Waals surface area contributed by atoms with E-state index in [0.29, 0.717) is 24.2 Å². The van der Waals surface area contributed by atoms with E-state index >= 15 is 0 Å². The van der Waals surface area contributed by atoms with Crippen molar-refractivity contribution in [2.24, 2.45) is 0 Å². The summed E-state index contributed by atoms with van der Waals surface area (Å²) >= 11 is 0. The van der Waals surface area contributed by atoms with Crippen molar-refractivity contribution in [1.82, 2.24) is 5.32 Å². The second-order valence-electron chi connectivity index (χ2n) is 5.27. The molecule has 1 saturated heterocycles. The van der Waals surface area contributed by atoms with Gasteiger partial charge in [0, 0.05) is 12.8 Å². The normalized spacial score (nSPS) is 17.3. The highest BCUT2D eigenvalue weighted by molar-refractivity contribution is 5.99. The zero-order valence-electron chi connectivity index (χ0n) is 12.3. The second-order valence-corrected chi connectivity index (χ2v) is 5.27. The summed E-state index contributed by atoms with van der Waals surface area (Å²) in [5.41, 5.74) is 2.60. The summed E-state index contributed by atoms with van der Waals surface area (Å²) in [5, 5.41) is 11.1. The van der Waals surface area contributed by atoms with Crippen LogP contribution in [-0.4, -0.2) is 17.9 Å². The summed E-state index contributed by atoms with van der Waals surface area (Å²) in [5.74, 6) is -0.0691. The predicted molar refractivity (Wildman–Crippen MR) is 83.4 cm³/mol. The van der Waals surface area contributed by atoms with Crippen LogP contribution in [0.15, 0.2) is 48.5 Å². The lowest BCUT2D eigenvalue weighted by Crippen LogP contribution is -2.46. The molecule has 1 unspecified atom stereocenters. The molecular formula is C18H14N2O3. The van der Waals surface area contributed by atoms with E-state index in [2.05, 4.69) is 11.4 Å². The van der Waals surface area contributed by atoms with Gasteiger partial charge in [0.15, 0.2) is 6.10 Å². The molecule has 5 nitrogen and oxygen atoms in total. The molecule has 1 aliphatic heterocycles. The Labute approximate surface area is 133 Å². The van der Waals surface area contributed by atoms with Gasteiger partial charge in [-0.1, -0.05) is 24.3 Å². The maximum atomic E-state index is 11.7. The molecule has 0 radical (unpaired) electrons. The number of nitrogens with one attached hydrogen (secondary N) is 1. The number of carbonyl (C=O) groups excluding carboxylic acids is 2. The molecule has 3 rings (SSSR count). The average Bonchev–Trinajstić information content (AvgIpc) is 2.58. The SMILES string of the molecule is N#Cc1ccc(-c2ccc(OC3CCC(=O)NC3=O)cc2)cc1. The molecule has 1 fully saturated rings. The molecule has 0 aliphatic carbocycles. The first kappa shape index (κ1) is 14.8. The Hall–Kier alpha value is -3.13. The second kappa shape index (κ2) is 6.32. The summed E-state index contributed by atoms with van der Waals surface area (Å²) in [6.45, 7) is 0. The van der Waals surface area contributed by atoms with Crippen LogP contribution in [0.2, 0.25) is 0 Å². The molecule has 2 aromatic rings. The smallest absolute Gasteiger partial charge is 0.267 e. The molecular weight excluding hydrogens is 292 g/mol. The summed E-state index contributed by atoms with van der Waals surface area (Å²) in [6, 6.07) is 16.7. The van der Waals surface area contributed by atoms with Gasteiger partial charge in [0.25, 0.3) is 5.91 Å². The van der Waals surface area contributed by atoms with E-state index in [1.54, 1.807) is 24.3 Å². The summed E-state index contributed by atoms with van der Waals surface area (Å²) in [6.07, 6.45) is 0.0513. The van der Waals surface area contributed by atoms with Gasteiger partial charge in [0.1, 0.15) is 5.75 Å². The number of benzene rings is 2. The fourth-order valence-electron chi connectivity index (χ4n) is 2.41. The number of amides is 2. The predicted octanol–water partition coefficient (Wildman–Crippen LogP) is 2.41. The topological polar surface area (TPSA) is 79.2 Å². The van der Waals surface area contributed by atoms with Gasteiger partial charge in [-0.15, -0.1) is 0 Å². The van der Waals surface area contributed by atoms with Crippen LogP contribution < -0.4 is 10.1 Å². The number of rotatable bonds is 3. The summed E-state index contributed by atoms with van der Waals surface area (Å²) in [4.78, 5) is 22.8. The number of hydrogen-bond donors (Lipinski definition) is 1. The fourth-order valence-corrected chi connectivity index (χ4v) is 2.41. The van der Waals surface area contributed by atoms with E-state index in [9.17, 15) is 9.59 Å². The van der Waals surface area contributed by atoms with Gasteiger partial charge in [-0.3, -0.25) is 14.9 Å². The molecule has 23 heavy (non-hydrogen) atoms. The Morgan fingerprint density at radius 1 is 1.00 bits per heavy atom. The van der Waals surface area contributed by atoms with Gasteiger partial charge < -0.3 is 4.74 Å². The highest BCUT2D eigenvalue weighted by Crippen LogP contribution is 2.24. The van der Waals surface area contributed by atoms with Gasteiger partial charge >= 0.3 is 0 Å². The van der Waals surface area contributed by atoms with E-state index < -0.39 is 12.0 Å². The monoisotopic (exact) mass is 306 g/mol. The molecule has 2 amide bonds. The molecule has 0 spiro atoms. The van der Waals surface area contributed by atoms with Crippen LogP contribution in [0.5, 0.6) is 5.75 Å². The molecule has 0 bridgehead atoms. The van der Waals surface area contributed by atoms with E-state index in [0.717, 1.165) is 11.1 Å². The van der Waals surface area contributed by atoms with E-state index in [1.807, 2.05) is 24.3 Å². The lowest BCUT2D eigenvalue weighted by molar-refractivity contribution is -0.138. The van der Waals surface area contributed by atoms with Crippen molar-refractivity contribution < 1.29 is 14.3 Å². The maximum Gasteiger partial charge on any atom is 0.267 e. The van der Waals surface area contributed by atoms with Crippen LogP contribution in [0.3, 0.4) is 0 Å². The van der Waals surface area contributed by atoms with Crippen LogP contribution >= 0.6 is 0 Å². The Balaban J connectivity index is 1.70. The minimum Gasteiger partial charge on any atom is -0.481 e. The van der Waals surface area contributed by atoms with Gasteiger partial charge in [-0.25, -0.2) is 0 Å². The molecule has 1 atom stereocenters. The molecule has 0 saturated carbocycles. The van der Waals surface area contributed by atoms with Crippen molar-refractivity contribution in [3.63, 3.8) is 0 Å². The molecule has 1 aliphatic rings. The fraction of sp³-hybridized carbons (Fsp3) is 0.167. The van der Waals surface area contributed by atoms with Crippen molar-refractivity contribution in [2.75, 3.05) is 0 Å². The van der Waals surface area contributed by atoms with Crippen molar-refractivity contribution >= 4 is 11.8 Å². The molecule has 114 valence electrons. The van der Waals surface area contributed by atoms with Crippen LogP contribution in [0.4, 0.5) is 0 Å². The lowest BCUT2D eigenvalue weighted by Gasteiger charge is -2.22. The third kappa shape index (κ3) is 3.38. The highest BCUT2D eigenvalue weighted by Gasteiger charge is 2.28. The maximum absolute atomic E-state index is 11.7. The number of hydrogen-bond acceptors (Lipinski definition) is 4. The standard InChI is InChI=1S/C18H14N2O3/c19-11-12-1-3-13(4-2-12)14-5-7-15(8-6-14)23-16-9-10-17(21)20-18(16)22/h1-8,16H,9-10H2,(H,20,21,22). The molecule has 1 heterocycles. The highest BCUT2D eigenvalue weighted by atomic mass is 16.5. The number of imide groups is 1. The Kier molecular flexibility index (Phi) is 4.07. The molecule has 1 N–H and O–H groups in total. The number of carbonyl (C=O) groups is 2. The largest absolute Gasteiger partial charge is 0.481 e. The van der Waals surface area contributed by atoms with Gasteiger partial charge in [-0.05, 0) is 35.4 Å². The van der Waals surface area contributed by atoms with Crippen molar-refractivity contribution in [3.05, 3.63) is 54.1 Å². The quantitative estimate of drug-likeness (QED) is 0.883. The van der Waals surface area contributed by atoms with E-state index in [-0.39, 0.29) is 5.91 Å².